The highest BCUT2D eigenvalue weighted by Crippen LogP contribution is 2.27. The summed E-state index contributed by atoms with van der Waals surface area (Å²) in [5.41, 5.74) is 11.3. The Hall–Kier alpha value is -2.00. The molecule has 3 nitrogen and oxygen atoms in total. The van der Waals surface area contributed by atoms with Gasteiger partial charge in [0.25, 0.3) is 0 Å². The van der Waals surface area contributed by atoms with Crippen LogP contribution in [0.5, 0.6) is 0 Å². The Morgan fingerprint density at radius 1 is 1.11 bits per heavy atom. The molecule has 1 aromatic heterocycles. The van der Waals surface area contributed by atoms with Gasteiger partial charge in [-0.2, -0.15) is 0 Å². The molecule has 0 spiro atoms. The first-order valence-corrected chi connectivity index (χ1v) is 6.45. The van der Waals surface area contributed by atoms with Gasteiger partial charge < -0.3 is 5.73 Å². The molecule has 4 heteroatoms. The highest BCUT2D eigenvalue weighted by Gasteiger charge is 2.12. The third-order valence-corrected chi connectivity index (χ3v) is 3.47. The zero-order valence-electron chi connectivity index (χ0n) is 10.8. The van der Waals surface area contributed by atoms with Crippen LogP contribution in [0.1, 0.15) is 11.1 Å². The average Bonchev–Trinajstić information content (AvgIpc) is 2.65. The van der Waals surface area contributed by atoms with Crippen LogP contribution < -0.4 is 5.73 Å². The number of fused-ring (bicyclic) bond motifs is 1. The van der Waals surface area contributed by atoms with Crippen molar-refractivity contribution in [2.75, 3.05) is 5.73 Å². The largest absolute Gasteiger partial charge is 0.369 e. The Kier molecular flexibility index (Phi) is 2.72. The minimum absolute atomic E-state index is 0.476. The second kappa shape index (κ2) is 4.28. The third-order valence-electron chi connectivity index (χ3n) is 3.24. The molecule has 0 aliphatic heterocycles. The molecule has 2 N–H and O–H groups in total. The molecule has 3 aromatic rings. The average molecular weight is 272 g/mol. The lowest BCUT2D eigenvalue weighted by molar-refractivity contribution is 1.09. The summed E-state index contributed by atoms with van der Waals surface area (Å²) in [6.45, 7) is 4.15. The molecule has 0 saturated heterocycles. The first-order valence-electron chi connectivity index (χ1n) is 6.07. The van der Waals surface area contributed by atoms with Crippen molar-refractivity contribution in [3.05, 3.63) is 52.5 Å². The second-order valence-corrected chi connectivity index (χ2v) is 5.16. The van der Waals surface area contributed by atoms with E-state index in [2.05, 4.69) is 37.0 Å². The van der Waals surface area contributed by atoms with Crippen molar-refractivity contribution in [1.82, 2.24) is 9.55 Å². The van der Waals surface area contributed by atoms with Crippen molar-refractivity contribution in [3.63, 3.8) is 0 Å². The number of hydrogen-bond donors (Lipinski definition) is 1. The number of aromatic nitrogens is 2. The van der Waals surface area contributed by atoms with Crippen LogP contribution in [0.3, 0.4) is 0 Å². The smallest absolute Gasteiger partial charge is 0.205 e. The van der Waals surface area contributed by atoms with E-state index in [1.54, 1.807) is 0 Å². The lowest BCUT2D eigenvalue weighted by Gasteiger charge is -2.10. The molecule has 19 heavy (non-hydrogen) atoms. The van der Waals surface area contributed by atoms with Crippen LogP contribution in [0.25, 0.3) is 16.7 Å². The summed E-state index contributed by atoms with van der Waals surface area (Å²) in [5, 5.41) is 0.665. The van der Waals surface area contributed by atoms with Gasteiger partial charge in [0.1, 0.15) is 0 Å². The number of halogens is 1. The molecule has 0 bridgehead atoms. The van der Waals surface area contributed by atoms with E-state index >= 15 is 0 Å². The molecule has 0 aliphatic carbocycles. The lowest BCUT2D eigenvalue weighted by Crippen LogP contribution is -2.02. The van der Waals surface area contributed by atoms with Crippen LogP contribution in [0.4, 0.5) is 5.95 Å². The number of nitrogens with two attached hydrogens (primary N) is 1. The SMILES string of the molecule is Cc1ccc(-n2c(N)nc3cc(Cl)ccc32)c(C)c1. The Balaban J connectivity index is 2.33. The number of benzene rings is 2. The van der Waals surface area contributed by atoms with E-state index in [0.29, 0.717) is 11.0 Å². The van der Waals surface area contributed by atoms with E-state index in [1.165, 1.54) is 11.1 Å². The van der Waals surface area contributed by atoms with Crippen LogP contribution in [0.2, 0.25) is 5.02 Å². The van der Waals surface area contributed by atoms with Gasteiger partial charge in [0.2, 0.25) is 5.95 Å². The minimum Gasteiger partial charge on any atom is -0.369 e. The van der Waals surface area contributed by atoms with Crippen LogP contribution in [0, 0.1) is 13.8 Å². The van der Waals surface area contributed by atoms with Crippen molar-refractivity contribution in [3.8, 4) is 5.69 Å². The summed E-state index contributed by atoms with van der Waals surface area (Å²) in [7, 11) is 0. The standard InChI is InChI=1S/C15H14ClN3/c1-9-3-5-13(10(2)7-9)19-14-6-4-11(16)8-12(14)18-15(19)17/h3-8H,1-2H3,(H2,17,18). The first-order chi connectivity index (χ1) is 9.06. The van der Waals surface area contributed by atoms with Gasteiger partial charge in [-0.3, -0.25) is 4.57 Å². The minimum atomic E-state index is 0.476. The number of nitrogen functional groups attached to an aromatic ring is 1. The van der Waals surface area contributed by atoms with Crippen molar-refractivity contribution in [2.24, 2.45) is 0 Å². The monoisotopic (exact) mass is 271 g/mol. The fourth-order valence-electron chi connectivity index (χ4n) is 2.38. The zero-order valence-corrected chi connectivity index (χ0v) is 11.6. The molecule has 0 amide bonds. The van der Waals surface area contributed by atoms with E-state index in [9.17, 15) is 0 Å². The van der Waals surface area contributed by atoms with Crippen LogP contribution in [0.15, 0.2) is 36.4 Å². The maximum absolute atomic E-state index is 6.05. The molecular formula is C15H14ClN3. The van der Waals surface area contributed by atoms with Gasteiger partial charge in [0.05, 0.1) is 16.7 Å². The highest BCUT2D eigenvalue weighted by atomic mass is 35.5. The van der Waals surface area contributed by atoms with Gasteiger partial charge in [-0.05, 0) is 43.7 Å². The Morgan fingerprint density at radius 3 is 2.63 bits per heavy atom. The van der Waals surface area contributed by atoms with Crippen LogP contribution >= 0.6 is 11.6 Å². The second-order valence-electron chi connectivity index (χ2n) is 4.73. The summed E-state index contributed by atoms with van der Waals surface area (Å²) in [5.74, 6) is 0.476. The fraction of sp³-hybridized carbons (Fsp3) is 0.133. The molecule has 0 unspecified atom stereocenters. The molecule has 0 radical (unpaired) electrons. The molecule has 96 valence electrons. The summed E-state index contributed by atoms with van der Waals surface area (Å²) >= 11 is 5.99. The van der Waals surface area contributed by atoms with Crippen molar-refractivity contribution in [1.29, 1.82) is 0 Å². The lowest BCUT2D eigenvalue weighted by atomic mass is 10.1. The number of imidazole rings is 1. The quantitative estimate of drug-likeness (QED) is 0.730. The zero-order chi connectivity index (χ0) is 13.6. The summed E-state index contributed by atoms with van der Waals surface area (Å²) in [6, 6.07) is 11.9. The normalized spacial score (nSPS) is 11.1. The molecule has 0 fully saturated rings. The molecule has 0 aliphatic rings. The van der Waals surface area contributed by atoms with E-state index in [4.69, 9.17) is 17.3 Å². The number of rotatable bonds is 1. The van der Waals surface area contributed by atoms with Gasteiger partial charge in [0, 0.05) is 5.02 Å². The predicted octanol–water partition coefficient (Wildman–Crippen LogP) is 3.88. The Morgan fingerprint density at radius 2 is 1.89 bits per heavy atom. The van der Waals surface area contributed by atoms with E-state index in [-0.39, 0.29) is 0 Å². The molecule has 2 aromatic carbocycles. The Labute approximate surface area is 116 Å². The topological polar surface area (TPSA) is 43.8 Å². The number of hydrogen-bond acceptors (Lipinski definition) is 2. The number of anilines is 1. The highest BCUT2D eigenvalue weighted by molar-refractivity contribution is 6.31. The molecule has 3 rings (SSSR count). The molecule has 0 atom stereocenters. The van der Waals surface area contributed by atoms with Crippen molar-refractivity contribution >= 4 is 28.6 Å². The first kappa shape index (κ1) is 12.1. The molecule has 1 heterocycles. The maximum Gasteiger partial charge on any atom is 0.205 e. The van der Waals surface area contributed by atoms with Gasteiger partial charge in [-0.25, -0.2) is 4.98 Å². The molecule has 0 saturated carbocycles. The van der Waals surface area contributed by atoms with Gasteiger partial charge in [0.15, 0.2) is 0 Å². The van der Waals surface area contributed by atoms with E-state index < -0.39 is 0 Å². The van der Waals surface area contributed by atoms with Crippen molar-refractivity contribution < 1.29 is 0 Å². The van der Waals surface area contributed by atoms with Gasteiger partial charge in [-0.1, -0.05) is 29.3 Å². The van der Waals surface area contributed by atoms with Crippen LogP contribution in [-0.4, -0.2) is 9.55 Å². The van der Waals surface area contributed by atoms with Gasteiger partial charge >= 0.3 is 0 Å². The predicted molar refractivity (Wildman–Crippen MR) is 80.0 cm³/mol. The summed E-state index contributed by atoms with van der Waals surface area (Å²) in [6.07, 6.45) is 0. The summed E-state index contributed by atoms with van der Waals surface area (Å²) in [4.78, 5) is 4.37. The third kappa shape index (κ3) is 1.96. The maximum atomic E-state index is 6.05. The van der Waals surface area contributed by atoms with E-state index in [0.717, 1.165) is 16.7 Å². The fourth-order valence-corrected chi connectivity index (χ4v) is 2.55. The Bertz CT molecular complexity index is 774. The van der Waals surface area contributed by atoms with E-state index in [1.807, 2.05) is 22.8 Å². The number of nitrogens with zero attached hydrogens (tertiary/aromatic N) is 2. The van der Waals surface area contributed by atoms with Crippen LogP contribution in [-0.2, 0) is 0 Å². The van der Waals surface area contributed by atoms with Gasteiger partial charge in [-0.15, -0.1) is 0 Å². The molecular weight excluding hydrogens is 258 g/mol. The van der Waals surface area contributed by atoms with Crippen molar-refractivity contribution in [2.45, 2.75) is 13.8 Å². The number of aryl methyl sites for hydroxylation is 2. The summed E-state index contributed by atoms with van der Waals surface area (Å²) < 4.78 is 1.96.